The molecule has 3 heteroatoms. The van der Waals surface area contributed by atoms with Crippen molar-refractivity contribution in [2.75, 3.05) is 13.2 Å². The van der Waals surface area contributed by atoms with Crippen LogP contribution in [-0.4, -0.2) is 18.1 Å². The van der Waals surface area contributed by atoms with E-state index >= 15 is 0 Å². The van der Waals surface area contributed by atoms with E-state index in [4.69, 9.17) is 21.7 Å². The van der Waals surface area contributed by atoms with Gasteiger partial charge in [-0.1, -0.05) is 114 Å². The van der Waals surface area contributed by atoms with Gasteiger partial charge in [0.15, 0.2) is 11.5 Å². The lowest BCUT2D eigenvalue weighted by molar-refractivity contribution is 0.259. The minimum absolute atomic E-state index is 0.724. The van der Waals surface area contributed by atoms with Gasteiger partial charge in [-0.2, -0.15) is 0 Å². The fraction of sp³-hybridized carbons (Fsp3) is 0.500. The molecule has 0 amide bonds. The number of hydrogen-bond donors (Lipinski definition) is 0. The number of ether oxygens (including phenoxy) is 2. The van der Waals surface area contributed by atoms with Crippen molar-refractivity contribution in [3.8, 4) is 11.5 Å². The van der Waals surface area contributed by atoms with Crippen LogP contribution >= 0.6 is 12.2 Å². The van der Waals surface area contributed by atoms with Gasteiger partial charge in [0.1, 0.15) is 0 Å². The first-order valence-corrected chi connectivity index (χ1v) is 13.3. The minimum atomic E-state index is 0.724. The summed E-state index contributed by atoms with van der Waals surface area (Å²) in [4.78, 5) is 0.844. The molecule has 0 N–H and O–H groups in total. The minimum Gasteiger partial charge on any atom is -0.490 e. The summed E-state index contributed by atoms with van der Waals surface area (Å²) >= 11 is 5.65. The highest BCUT2D eigenvalue weighted by atomic mass is 32.1. The fourth-order valence-electron chi connectivity index (χ4n) is 3.67. The summed E-state index contributed by atoms with van der Waals surface area (Å²) < 4.78 is 12.2. The summed E-state index contributed by atoms with van der Waals surface area (Å²) in [7, 11) is 0. The topological polar surface area (TPSA) is 18.5 Å². The van der Waals surface area contributed by atoms with Crippen LogP contribution < -0.4 is 9.47 Å². The van der Waals surface area contributed by atoms with E-state index in [0.717, 1.165) is 66.4 Å². The van der Waals surface area contributed by atoms with E-state index in [0.29, 0.717) is 0 Å². The van der Waals surface area contributed by atoms with Crippen LogP contribution in [0.3, 0.4) is 0 Å². The molecule has 0 radical (unpaired) electrons. The van der Waals surface area contributed by atoms with Gasteiger partial charge in [-0.05, 0) is 54.2 Å². The van der Waals surface area contributed by atoms with E-state index in [-0.39, 0.29) is 0 Å². The van der Waals surface area contributed by atoms with Crippen molar-refractivity contribution in [1.82, 2.24) is 0 Å². The van der Waals surface area contributed by atoms with E-state index in [1.807, 2.05) is 12.1 Å². The Labute approximate surface area is 207 Å². The molecule has 0 heterocycles. The van der Waals surface area contributed by atoms with Crippen LogP contribution in [0.15, 0.2) is 48.5 Å². The SMILES string of the molecule is CCCCCCOc1ccc(C=CC(=S)c2ccc(CCC)cc2)cc1OCCCCCC. The Morgan fingerprint density at radius 1 is 0.727 bits per heavy atom. The molecule has 2 nitrogen and oxygen atoms in total. The van der Waals surface area contributed by atoms with E-state index in [9.17, 15) is 0 Å². The summed E-state index contributed by atoms with van der Waals surface area (Å²) in [5.74, 6) is 1.67. The lowest BCUT2D eigenvalue weighted by Crippen LogP contribution is -2.03. The van der Waals surface area contributed by atoms with Gasteiger partial charge in [0.2, 0.25) is 0 Å². The van der Waals surface area contributed by atoms with E-state index in [1.54, 1.807) is 0 Å². The van der Waals surface area contributed by atoms with Gasteiger partial charge in [0.25, 0.3) is 0 Å². The van der Waals surface area contributed by atoms with E-state index in [1.165, 1.54) is 44.1 Å². The zero-order valence-corrected chi connectivity index (χ0v) is 21.7. The second-order valence-electron chi connectivity index (χ2n) is 8.67. The molecule has 0 unspecified atom stereocenters. The highest BCUT2D eigenvalue weighted by molar-refractivity contribution is 7.81. The van der Waals surface area contributed by atoms with Crippen LogP contribution in [0, 0.1) is 0 Å². The fourth-order valence-corrected chi connectivity index (χ4v) is 3.88. The predicted octanol–water partition coefficient (Wildman–Crippen LogP) is 8.99. The Morgan fingerprint density at radius 2 is 1.36 bits per heavy atom. The number of rotatable bonds is 17. The third kappa shape index (κ3) is 10.6. The molecular formula is C30H42O2S. The normalized spacial score (nSPS) is 11.1. The summed E-state index contributed by atoms with van der Waals surface area (Å²) in [5, 5.41) is 0. The third-order valence-electron chi connectivity index (χ3n) is 5.68. The molecule has 0 spiro atoms. The van der Waals surface area contributed by atoms with Crippen LogP contribution in [-0.2, 0) is 6.42 Å². The van der Waals surface area contributed by atoms with Crippen molar-refractivity contribution in [1.29, 1.82) is 0 Å². The highest BCUT2D eigenvalue weighted by Crippen LogP contribution is 2.30. The Hall–Kier alpha value is -2.13. The molecule has 2 aromatic carbocycles. The molecule has 0 aromatic heterocycles. The Balaban J connectivity index is 2.03. The average Bonchev–Trinajstić information content (AvgIpc) is 2.84. The van der Waals surface area contributed by atoms with Gasteiger partial charge in [-0.25, -0.2) is 0 Å². The summed E-state index contributed by atoms with van der Waals surface area (Å²) in [6.07, 6.45) is 15.9. The number of allylic oxidation sites excluding steroid dienone is 1. The molecule has 0 aliphatic rings. The van der Waals surface area contributed by atoms with Crippen molar-refractivity contribution in [3.63, 3.8) is 0 Å². The summed E-state index contributed by atoms with van der Waals surface area (Å²) in [5.41, 5.74) is 3.52. The standard InChI is InChI=1S/C30H42O2S/c1-4-7-9-11-22-31-28-20-16-26(24-29(28)32-23-12-10-8-5-2)17-21-30(33)27-18-14-25(13-6-3)15-19-27/h14-21,24H,4-13,22-23H2,1-3H3. The van der Waals surface area contributed by atoms with Crippen molar-refractivity contribution in [3.05, 3.63) is 65.2 Å². The molecule has 0 bridgehead atoms. The van der Waals surface area contributed by atoms with Crippen LogP contribution in [0.1, 0.15) is 95.2 Å². The summed E-state index contributed by atoms with van der Waals surface area (Å²) in [6, 6.07) is 14.8. The van der Waals surface area contributed by atoms with Gasteiger partial charge in [-0.3, -0.25) is 0 Å². The van der Waals surface area contributed by atoms with E-state index < -0.39 is 0 Å². The van der Waals surface area contributed by atoms with Gasteiger partial charge in [-0.15, -0.1) is 0 Å². The number of benzene rings is 2. The zero-order valence-electron chi connectivity index (χ0n) is 20.9. The molecule has 0 saturated carbocycles. The number of hydrogen-bond acceptors (Lipinski definition) is 3. The smallest absolute Gasteiger partial charge is 0.161 e. The second-order valence-corrected chi connectivity index (χ2v) is 9.11. The van der Waals surface area contributed by atoms with Gasteiger partial charge < -0.3 is 9.47 Å². The number of unbranched alkanes of at least 4 members (excludes halogenated alkanes) is 6. The molecular weight excluding hydrogens is 424 g/mol. The number of aryl methyl sites for hydroxylation is 1. The van der Waals surface area contributed by atoms with Gasteiger partial charge in [0.05, 0.1) is 13.2 Å². The summed E-state index contributed by atoms with van der Waals surface area (Å²) in [6.45, 7) is 8.12. The first-order valence-electron chi connectivity index (χ1n) is 12.9. The van der Waals surface area contributed by atoms with Gasteiger partial charge >= 0.3 is 0 Å². The van der Waals surface area contributed by atoms with Crippen molar-refractivity contribution in [2.24, 2.45) is 0 Å². The Bertz CT molecular complexity index is 839. The molecule has 0 atom stereocenters. The van der Waals surface area contributed by atoms with E-state index in [2.05, 4.69) is 63.2 Å². The Morgan fingerprint density at radius 3 is 1.97 bits per heavy atom. The Kier molecular flexibility index (Phi) is 13.5. The first-order chi connectivity index (χ1) is 16.2. The molecule has 2 rings (SSSR count). The first kappa shape index (κ1) is 27.1. The van der Waals surface area contributed by atoms with Crippen LogP contribution in [0.2, 0.25) is 0 Å². The van der Waals surface area contributed by atoms with Crippen molar-refractivity contribution in [2.45, 2.75) is 85.0 Å². The van der Waals surface area contributed by atoms with Crippen LogP contribution in [0.5, 0.6) is 11.5 Å². The third-order valence-corrected chi connectivity index (χ3v) is 6.05. The maximum atomic E-state index is 6.14. The monoisotopic (exact) mass is 466 g/mol. The molecule has 2 aromatic rings. The molecule has 0 aliphatic carbocycles. The zero-order chi connectivity index (χ0) is 23.7. The highest BCUT2D eigenvalue weighted by Gasteiger charge is 2.07. The van der Waals surface area contributed by atoms with Crippen molar-refractivity contribution < 1.29 is 9.47 Å². The number of thiocarbonyl (C=S) groups is 1. The lowest BCUT2D eigenvalue weighted by atomic mass is 10.1. The molecule has 0 fully saturated rings. The average molecular weight is 467 g/mol. The van der Waals surface area contributed by atoms with Crippen LogP contribution in [0.4, 0.5) is 0 Å². The maximum absolute atomic E-state index is 6.14. The van der Waals surface area contributed by atoms with Crippen molar-refractivity contribution >= 4 is 23.2 Å². The lowest BCUT2D eigenvalue weighted by Gasteiger charge is -2.14. The predicted molar refractivity (Wildman–Crippen MR) is 147 cm³/mol. The second kappa shape index (κ2) is 16.5. The van der Waals surface area contributed by atoms with Crippen LogP contribution in [0.25, 0.3) is 6.08 Å². The molecule has 180 valence electrons. The maximum Gasteiger partial charge on any atom is 0.161 e. The molecule has 0 aliphatic heterocycles. The largest absolute Gasteiger partial charge is 0.490 e. The molecule has 0 saturated heterocycles. The quantitative estimate of drug-likeness (QED) is 0.100. The van der Waals surface area contributed by atoms with Gasteiger partial charge in [0, 0.05) is 4.86 Å². The molecule has 33 heavy (non-hydrogen) atoms.